The molecule has 172 valence electrons. The molecular formula is C27H21F3N2O2. The van der Waals surface area contributed by atoms with E-state index in [1.54, 1.807) is 18.2 Å². The van der Waals surface area contributed by atoms with E-state index in [1.165, 1.54) is 49.4 Å². The van der Waals surface area contributed by atoms with Gasteiger partial charge in [-0.25, -0.2) is 13.2 Å². The lowest BCUT2D eigenvalue weighted by Crippen LogP contribution is -2.33. The fourth-order valence-electron chi connectivity index (χ4n) is 4.55. The maximum Gasteiger partial charge on any atom is 0.266 e. The number of rotatable bonds is 5. The molecule has 4 aromatic rings. The lowest BCUT2D eigenvalue weighted by molar-refractivity contribution is 0.0932. The lowest BCUT2D eigenvalue weighted by atomic mass is 9.99. The number of pyridine rings is 1. The summed E-state index contributed by atoms with van der Waals surface area (Å²) < 4.78 is 44.4. The second-order valence-corrected chi connectivity index (χ2v) is 8.56. The highest BCUT2D eigenvalue weighted by Gasteiger charge is 2.35. The van der Waals surface area contributed by atoms with E-state index in [2.05, 4.69) is 5.32 Å². The minimum atomic E-state index is -0.800. The number of nitrogens with zero attached hydrogens (tertiary/aromatic N) is 1. The molecule has 1 N–H and O–H groups in total. The van der Waals surface area contributed by atoms with Crippen molar-refractivity contribution < 1.29 is 18.0 Å². The molecule has 34 heavy (non-hydrogen) atoms. The smallest absolute Gasteiger partial charge is 0.266 e. The first kappa shape index (κ1) is 21.9. The van der Waals surface area contributed by atoms with Crippen molar-refractivity contribution >= 4 is 16.7 Å². The molecule has 4 nitrogen and oxygen atoms in total. The highest BCUT2D eigenvalue weighted by Crippen LogP contribution is 2.41. The van der Waals surface area contributed by atoms with E-state index in [9.17, 15) is 22.8 Å². The predicted octanol–water partition coefficient (Wildman–Crippen LogP) is 5.60. The average Bonchev–Trinajstić information content (AvgIpc) is 3.64. The van der Waals surface area contributed by atoms with Crippen LogP contribution in [0.4, 0.5) is 13.2 Å². The van der Waals surface area contributed by atoms with Crippen molar-refractivity contribution in [3.05, 3.63) is 111 Å². The van der Waals surface area contributed by atoms with Gasteiger partial charge in [0.05, 0.1) is 22.7 Å². The molecule has 5 rings (SSSR count). The number of carbonyl (C=O) groups is 1. The summed E-state index contributed by atoms with van der Waals surface area (Å²) in [6.45, 7) is 1.53. The Balaban J connectivity index is 1.70. The second kappa shape index (κ2) is 8.48. The molecule has 1 aliphatic carbocycles. The number of amides is 1. The molecule has 0 unspecified atom stereocenters. The normalized spacial score (nSPS) is 14.2. The van der Waals surface area contributed by atoms with Gasteiger partial charge < -0.3 is 5.32 Å². The van der Waals surface area contributed by atoms with Gasteiger partial charge in [0.2, 0.25) is 0 Å². The van der Waals surface area contributed by atoms with Crippen molar-refractivity contribution in [1.82, 2.24) is 9.88 Å². The standard InChI is InChI=1S/C27H21F3N2O2/c1-15-23(26(33)31-25(16-12-13-16)17-6-4-7-18(28)14-17)19-8-5-10-21(30)24(19)27(34)32(15)22-11-3-2-9-20(22)29/h2-11,14,16,25H,12-13H2,1H3,(H,31,33)/t25-/m0/s1. The van der Waals surface area contributed by atoms with Crippen LogP contribution in [0.5, 0.6) is 0 Å². The fraction of sp³-hybridized carbons (Fsp3) is 0.185. The largest absolute Gasteiger partial charge is 0.345 e. The summed E-state index contributed by atoms with van der Waals surface area (Å²) >= 11 is 0. The molecule has 0 bridgehead atoms. The number of hydrogen-bond acceptors (Lipinski definition) is 2. The van der Waals surface area contributed by atoms with E-state index >= 15 is 0 Å². The Bertz CT molecular complexity index is 1490. The molecule has 1 atom stereocenters. The molecule has 1 amide bonds. The zero-order valence-corrected chi connectivity index (χ0v) is 18.3. The third-order valence-electron chi connectivity index (χ3n) is 6.31. The molecule has 0 spiro atoms. The predicted molar refractivity (Wildman–Crippen MR) is 124 cm³/mol. The van der Waals surface area contributed by atoms with Crippen LogP contribution in [0.25, 0.3) is 16.5 Å². The van der Waals surface area contributed by atoms with E-state index in [4.69, 9.17) is 0 Å². The van der Waals surface area contributed by atoms with E-state index in [0.29, 0.717) is 5.56 Å². The molecule has 1 aliphatic rings. The zero-order chi connectivity index (χ0) is 24.0. The Morgan fingerprint density at radius 2 is 1.68 bits per heavy atom. The van der Waals surface area contributed by atoms with Gasteiger partial charge in [0.1, 0.15) is 17.5 Å². The molecule has 0 radical (unpaired) electrons. The highest BCUT2D eigenvalue weighted by atomic mass is 19.1. The molecule has 1 fully saturated rings. The number of hydrogen-bond donors (Lipinski definition) is 1. The van der Waals surface area contributed by atoms with Crippen molar-refractivity contribution in [1.29, 1.82) is 0 Å². The third kappa shape index (κ3) is 3.77. The van der Waals surface area contributed by atoms with Crippen LogP contribution >= 0.6 is 0 Å². The number of nitrogens with one attached hydrogen (secondary N) is 1. The van der Waals surface area contributed by atoms with Crippen LogP contribution in [0.15, 0.2) is 71.5 Å². The maximum atomic E-state index is 14.8. The van der Waals surface area contributed by atoms with Crippen LogP contribution in [-0.4, -0.2) is 10.5 Å². The van der Waals surface area contributed by atoms with Crippen LogP contribution in [0, 0.1) is 30.3 Å². The van der Waals surface area contributed by atoms with Crippen molar-refractivity contribution in [2.75, 3.05) is 0 Å². The molecule has 1 heterocycles. The van der Waals surface area contributed by atoms with Crippen molar-refractivity contribution in [3.8, 4) is 5.69 Å². The first-order chi connectivity index (χ1) is 16.4. The highest BCUT2D eigenvalue weighted by molar-refractivity contribution is 6.08. The zero-order valence-electron chi connectivity index (χ0n) is 18.3. The van der Waals surface area contributed by atoms with Crippen molar-refractivity contribution in [3.63, 3.8) is 0 Å². The lowest BCUT2D eigenvalue weighted by Gasteiger charge is -2.22. The molecule has 7 heteroatoms. The Hall–Kier alpha value is -3.87. The molecule has 0 aliphatic heterocycles. The van der Waals surface area contributed by atoms with E-state index in [1.807, 2.05) is 0 Å². The summed E-state index contributed by atoms with van der Waals surface area (Å²) in [4.78, 5) is 26.9. The van der Waals surface area contributed by atoms with Gasteiger partial charge in [-0.2, -0.15) is 0 Å². The fourth-order valence-corrected chi connectivity index (χ4v) is 4.55. The Morgan fingerprint density at radius 1 is 0.971 bits per heavy atom. The number of benzene rings is 3. The number of carbonyl (C=O) groups excluding carboxylic acids is 1. The number of aromatic nitrogens is 1. The first-order valence-electron chi connectivity index (χ1n) is 11.0. The van der Waals surface area contributed by atoms with Gasteiger partial charge in [0.15, 0.2) is 0 Å². The van der Waals surface area contributed by atoms with Crippen molar-refractivity contribution in [2.24, 2.45) is 5.92 Å². The summed E-state index contributed by atoms with van der Waals surface area (Å²) in [5, 5.41) is 2.81. The van der Waals surface area contributed by atoms with Gasteiger partial charge in [0, 0.05) is 11.1 Å². The summed E-state index contributed by atoms with van der Waals surface area (Å²) in [6, 6.07) is 15.3. The van der Waals surface area contributed by atoms with Gasteiger partial charge in [-0.15, -0.1) is 0 Å². The topological polar surface area (TPSA) is 51.1 Å². The van der Waals surface area contributed by atoms with Gasteiger partial charge in [-0.05, 0) is 61.6 Å². The summed E-state index contributed by atoms with van der Waals surface area (Å²) in [6.07, 6.45) is 1.76. The Morgan fingerprint density at radius 3 is 2.38 bits per heavy atom. The van der Waals surface area contributed by atoms with Crippen LogP contribution < -0.4 is 10.9 Å². The minimum Gasteiger partial charge on any atom is -0.345 e. The van der Waals surface area contributed by atoms with E-state index < -0.39 is 35.0 Å². The molecule has 1 aromatic heterocycles. The van der Waals surface area contributed by atoms with Crippen LogP contribution in [-0.2, 0) is 0 Å². The number of para-hydroxylation sites is 1. The number of halogens is 3. The van der Waals surface area contributed by atoms with Crippen molar-refractivity contribution in [2.45, 2.75) is 25.8 Å². The van der Waals surface area contributed by atoms with E-state index in [0.717, 1.165) is 23.5 Å². The quantitative estimate of drug-likeness (QED) is 0.420. The molecular weight excluding hydrogens is 441 g/mol. The monoisotopic (exact) mass is 462 g/mol. The van der Waals surface area contributed by atoms with Crippen LogP contribution in [0.3, 0.4) is 0 Å². The van der Waals surface area contributed by atoms with Crippen LogP contribution in [0.2, 0.25) is 0 Å². The number of fused-ring (bicyclic) bond motifs is 1. The Labute approximate surface area is 193 Å². The molecule has 1 saturated carbocycles. The van der Waals surface area contributed by atoms with Gasteiger partial charge in [-0.1, -0.05) is 36.4 Å². The summed E-state index contributed by atoms with van der Waals surface area (Å²) in [5.41, 5.74) is 0.0505. The maximum absolute atomic E-state index is 14.8. The molecule has 0 saturated heterocycles. The van der Waals surface area contributed by atoms with Gasteiger partial charge >= 0.3 is 0 Å². The second-order valence-electron chi connectivity index (χ2n) is 8.56. The molecule has 3 aromatic carbocycles. The van der Waals surface area contributed by atoms with Crippen LogP contribution in [0.1, 0.15) is 40.5 Å². The van der Waals surface area contributed by atoms with Gasteiger partial charge in [-0.3, -0.25) is 14.2 Å². The average molecular weight is 462 g/mol. The first-order valence-corrected chi connectivity index (χ1v) is 11.0. The minimum absolute atomic E-state index is 0.0689. The third-order valence-corrected chi connectivity index (χ3v) is 6.31. The van der Waals surface area contributed by atoms with Gasteiger partial charge in [0.25, 0.3) is 11.5 Å². The summed E-state index contributed by atoms with van der Waals surface area (Å²) in [5.74, 6) is -2.28. The Kier molecular flexibility index (Phi) is 5.48. The SMILES string of the molecule is Cc1c(C(=O)N[C@H](c2cccc(F)c2)C2CC2)c2cccc(F)c2c(=O)n1-c1ccccc1F. The van der Waals surface area contributed by atoms with E-state index in [-0.39, 0.29) is 33.6 Å². The summed E-state index contributed by atoms with van der Waals surface area (Å²) in [7, 11) is 0.